The van der Waals surface area contributed by atoms with Gasteiger partial charge in [0, 0.05) is 18.4 Å². The number of hydrogen-bond donors (Lipinski definition) is 2. The maximum atomic E-state index is 8.91. The van der Waals surface area contributed by atoms with Crippen molar-refractivity contribution in [2.24, 2.45) is 10.9 Å². The third kappa shape index (κ3) is 2.56. The van der Waals surface area contributed by atoms with Crippen molar-refractivity contribution in [3.05, 3.63) is 53.2 Å². The summed E-state index contributed by atoms with van der Waals surface area (Å²) in [7, 11) is 1.91. The molecule has 0 amide bonds. The number of hydrogen-bond acceptors (Lipinski definition) is 4. The third-order valence-electron chi connectivity index (χ3n) is 3.19. The van der Waals surface area contributed by atoms with Crippen LogP contribution in [0.25, 0.3) is 0 Å². The Morgan fingerprint density at radius 2 is 1.90 bits per heavy atom. The van der Waals surface area contributed by atoms with E-state index in [1.165, 1.54) is 0 Å². The number of nitrogens with zero attached hydrogens (tertiary/aromatic N) is 3. The Kier molecular flexibility index (Phi) is 3.89. The van der Waals surface area contributed by atoms with Crippen molar-refractivity contribution in [1.29, 1.82) is 0 Å². The van der Waals surface area contributed by atoms with Crippen molar-refractivity contribution < 1.29 is 5.21 Å². The standard InChI is InChI=1S/C15H18N4O/c1-10-6-4-5-7-13(10)19(3)15-12(14(16)18-20)9-8-11(2)17-15/h4-9,20H,1-3H3,(H2,16,18). The summed E-state index contributed by atoms with van der Waals surface area (Å²) in [4.78, 5) is 6.45. The lowest BCUT2D eigenvalue weighted by molar-refractivity contribution is 0.318. The second-order valence-corrected chi connectivity index (χ2v) is 4.65. The number of oxime groups is 1. The van der Waals surface area contributed by atoms with Crippen LogP contribution in [0.3, 0.4) is 0 Å². The highest BCUT2D eigenvalue weighted by molar-refractivity contribution is 6.02. The molecule has 2 aromatic rings. The largest absolute Gasteiger partial charge is 0.409 e. The van der Waals surface area contributed by atoms with Crippen LogP contribution >= 0.6 is 0 Å². The second-order valence-electron chi connectivity index (χ2n) is 4.65. The number of nitrogens with two attached hydrogens (primary N) is 1. The Hall–Kier alpha value is -2.56. The van der Waals surface area contributed by atoms with E-state index in [-0.39, 0.29) is 5.84 Å². The Morgan fingerprint density at radius 3 is 2.55 bits per heavy atom. The molecule has 0 saturated carbocycles. The van der Waals surface area contributed by atoms with Crippen LogP contribution in [0, 0.1) is 13.8 Å². The zero-order valence-corrected chi connectivity index (χ0v) is 11.8. The molecule has 0 fully saturated rings. The molecular weight excluding hydrogens is 252 g/mol. The van der Waals surface area contributed by atoms with Gasteiger partial charge >= 0.3 is 0 Å². The Morgan fingerprint density at radius 1 is 1.20 bits per heavy atom. The Balaban J connectivity index is 2.57. The van der Waals surface area contributed by atoms with Gasteiger partial charge in [0.1, 0.15) is 5.82 Å². The van der Waals surface area contributed by atoms with E-state index >= 15 is 0 Å². The predicted molar refractivity (Wildman–Crippen MR) is 80.7 cm³/mol. The summed E-state index contributed by atoms with van der Waals surface area (Å²) < 4.78 is 0. The van der Waals surface area contributed by atoms with Gasteiger partial charge in [-0.2, -0.15) is 0 Å². The van der Waals surface area contributed by atoms with E-state index in [0.717, 1.165) is 16.9 Å². The van der Waals surface area contributed by atoms with Crippen LogP contribution in [0.15, 0.2) is 41.6 Å². The lowest BCUT2D eigenvalue weighted by atomic mass is 10.1. The van der Waals surface area contributed by atoms with Gasteiger partial charge in [0.15, 0.2) is 5.84 Å². The van der Waals surface area contributed by atoms with Crippen molar-refractivity contribution in [3.63, 3.8) is 0 Å². The molecule has 1 aromatic heterocycles. The number of aromatic nitrogens is 1. The van der Waals surface area contributed by atoms with E-state index in [1.807, 2.05) is 62.2 Å². The molecule has 0 aliphatic carbocycles. The molecule has 1 aromatic carbocycles. The normalized spacial score (nSPS) is 11.4. The van der Waals surface area contributed by atoms with E-state index in [0.29, 0.717) is 11.4 Å². The summed E-state index contributed by atoms with van der Waals surface area (Å²) in [5, 5.41) is 12.0. The topological polar surface area (TPSA) is 74.7 Å². The summed E-state index contributed by atoms with van der Waals surface area (Å²) in [6.07, 6.45) is 0. The summed E-state index contributed by atoms with van der Waals surface area (Å²) in [5.74, 6) is 0.711. The van der Waals surface area contributed by atoms with Crippen LogP contribution in [0.2, 0.25) is 0 Å². The van der Waals surface area contributed by atoms with Crippen LogP contribution < -0.4 is 10.6 Å². The van der Waals surface area contributed by atoms with Gasteiger partial charge in [-0.25, -0.2) is 4.98 Å². The Bertz CT molecular complexity index is 652. The maximum absolute atomic E-state index is 8.91. The van der Waals surface area contributed by atoms with Crippen molar-refractivity contribution >= 4 is 17.3 Å². The molecule has 0 aliphatic rings. The van der Waals surface area contributed by atoms with Crippen LogP contribution in [0.4, 0.5) is 11.5 Å². The summed E-state index contributed by atoms with van der Waals surface area (Å²) in [6.45, 7) is 3.94. The summed E-state index contributed by atoms with van der Waals surface area (Å²) in [5.41, 5.74) is 9.36. The van der Waals surface area contributed by atoms with E-state index in [2.05, 4.69) is 10.1 Å². The Labute approximate surface area is 118 Å². The van der Waals surface area contributed by atoms with Gasteiger partial charge in [-0.05, 0) is 37.6 Å². The molecule has 3 N–H and O–H groups in total. The van der Waals surface area contributed by atoms with Gasteiger partial charge in [-0.3, -0.25) is 0 Å². The molecule has 5 heteroatoms. The van der Waals surface area contributed by atoms with Crippen LogP contribution in [-0.4, -0.2) is 23.1 Å². The highest BCUT2D eigenvalue weighted by Gasteiger charge is 2.15. The fraction of sp³-hybridized carbons (Fsp3) is 0.200. The van der Waals surface area contributed by atoms with Crippen LogP contribution in [-0.2, 0) is 0 Å². The summed E-state index contributed by atoms with van der Waals surface area (Å²) in [6, 6.07) is 11.6. The molecule has 0 atom stereocenters. The maximum Gasteiger partial charge on any atom is 0.173 e. The molecule has 5 nitrogen and oxygen atoms in total. The van der Waals surface area contributed by atoms with Gasteiger partial charge in [-0.15, -0.1) is 0 Å². The van der Waals surface area contributed by atoms with Crippen molar-refractivity contribution in [3.8, 4) is 0 Å². The predicted octanol–water partition coefficient (Wildman–Crippen LogP) is 2.56. The first kappa shape index (κ1) is 13.9. The highest BCUT2D eigenvalue weighted by Crippen LogP contribution is 2.27. The summed E-state index contributed by atoms with van der Waals surface area (Å²) >= 11 is 0. The molecule has 0 aliphatic heterocycles. The number of amidine groups is 1. The molecule has 104 valence electrons. The smallest absolute Gasteiger partial charge is 0.173 e. The number of pyridine rings is 1. The third-order valence-corrected chi connectivity index (χ3v) is 3.19. The quantitative estimate of drug-likeness (QED) is 0.389. The zero-order valence-electron chi connectivity index (χ0n) is 11.8. The van der Waals surface area contributed by atoms with Gasteiger partial charge in [0.2, 0.25) is 0 Å². The fourth-order valence-corrected chi connectivity index (χ4v) is 2.11. The first-order valence-electron chi connectivity index (χ1n) is 6.29. The average molecular weight is 270 g/mol. The van der Waals surface area contributed by atoms with Crippen LogP contribution in [0.5, 0.6) is 0 Å². The van der Waals surface area contributed by atoms with Crippen molar-refractivity contribution in [2.75, 3.05) is 11.9 Å². The van der Waals surface area contributed by atoms with Crippen molar-refractivity contribution in [1.82, 2.24) is 4.98 Å². The lowest BCUT2D eigenvalue weighted by Crippen LogP contribution is -2.21. The second kappa shape index (κ2) is 5.61. The number of rotatable bonds is 3. The van der Waals surface area contributed by atoms with E-state index in [1.54, 1.807) is 0 Å². The molecule has 0 bridgehead atoms. The van der Waals surface area contributed by atoms with Gasteiger partial charge in [0.25, 0.3) is 0 Å². The highest BCUT2D eigenvalue weighted by atomic mass is 16.4. The first-order chi connectivity index (χ1) is 9.54. The van der Waals surface area contributed by atoms with Crippen LogP contribution in [0.1, 0.15) is 16.8 Å². The SMILES string of the molecule is Cc1ccc(C(N)=NO)c(N(C)c2ccccc2C)n1. The number of para-hydroxylation sites is 1. The fourth-order valence-electron chi connectivity index (χ4n) is 2.11. The molecular formula is C15H18N4O. The molecule has 0 spiro atoms. The first-order valence-corrected chi connectivity index (χ1v) is 6.29. The minimum absolute atomic E-state index is 0.0490. The minimum Gasteiger partial charge on any atom is -0.409 e. The van der Waals surface area contributed by atoms with E-state index in [4.69, 9.17) is 10.9 Å². The monoisotopic (exact) mass is 270 g/mol. The van der Waals surface area contributed by atoms with E-state index < -0.39 is 0 Å². The molecule has 0 unspecified atom stereocenters. The molecule has 1 heterocycles. The minimum atomic E-state index is 0.0490. The number of benzene rings is 1. The molecule has 2 rings (SSSR count). The number of aryl methyl sites for hydroxylation is 2. The number of anilines is 2. The molecule has 0 saturated heterocycles. The van der Waals surface area contributed by atoms with Gasteiger partial charge < -0.3 is 15.8 Å². The average Bonchev–Trinajstić information content (AvgIpc) is 2.46. The van der Waals surface area contributed by atoms with Gasteiger partial charge in [-0.1, -0.05) is 23.4 Å². The molecule has 20 heavy (non-hydrogen) atoms. The zero-order chi connectivity index (χ0) is 14.7. The lowest BCUT2D eigenvalue weighted by Gasteiger charge is -2.23. The van der Waals surface area contributed by atoms with Gasteiger partial charge in [0.05, 0.1) is 5.56 Å². The van der Waals surface area contributed by atoms with Crippen molar-refractivity contribution in [2.45, 2.75) is 13.8 Å². The molecule has 0 radical (unpaired) electrons. The van der Waals surface area contributed by atoms with E-state index in [9.17, 15) is 0 Å².